The zero-order valence-electron chi connectivity index (χ0n) is 16.1. The van der Waals surface area contributed by atoms with E-state index >= 15 is 0 Å². The third kappa shape index (κ3) is 3.42. The Labute approximate surface area is 176 Å². The van der Waals surface area contributed by atoms with E-state index in [1.165, 1.54) is 4.90 Å². The van der Waals surface area contributed by atoms with Crippen LogP contribution in [0.25, 0.3) is 11.0 Å². The molecule has 3 aromatic rings. The summed E-state index contributed by atoms with van der Waals surface area (Å²) in [4.78, 5) is 31.4. The first-order valence-corrected chi connectivity index (χ1v) is 10.1. The first-order valence-electron chi connectivity index (χ1n) is 9.30. The van der Waals surface area contributed by atoms with Crippen LogP contribution in [0.15, 0.2) is 40.9 Å². The van der Waals surface area contributed by atoms with Crippen molar-refractivity contribution in [1.82, 2.24) is 14.5 Å². The molecule has 2 aromatic carbocycles. The molecule has 2 heterocycles. The van der Waals surface area contributed by atoms with Gasteiger partial charge in [-0.15, -0.1) is 0 Å². The molecule has 0 spiro atoms. The molecule has 0 atom stereocenters. The third-order valence-corrected chi connectivity index (χ3v) is 5.35. The number of fused-ring (bicyclic) bond motifs is 2. The second kappa shape index (κ2) is 7.96. The number of nitrogens with zero attached hydrogens (tertiary/aromatic N) is 3. The quantitative estimate of drug-likeness (QED) is 0.399. The molecule has 1 aliphatic rings. The van der Waals surface area contributed by atoms with Gasteiger partial charge in [0.15, 0.2) is 0 Å². The Kier molecular flexibility index (Phi) is 5.38. The lowest BCUT2D eigenvalue weighted by Gasteiger charge is -2.15. The van der Waals surface area contributed by atoms with Crippen molar-refractivity contribution in [3.05, 3.63) is 57.8 Å². The van der Waals surface area contributed by atoms with Gasteiger partial charge in [-0.1, -0.05) is 28.1 Å². The van der Waals surface area contributed by atoms with Gasteiger partial charge >= 0.3 is 0 Å². The van der Waals surface area contributed by atoms with E-state index in [1.807, 2.05) is 23.6 Å². The number of aromatic nitrogens is 2. The van der Waals surface area contributed by atoms with Gasteiger partial charge in [-0.25, -0.2) is 4.98 Å². The summed E-state index contributed by atoms with van der Waals surface area (Å²) >= 11 is 3.50. The van der Waals surface area contributed by atoms with E-state index in [1.54, 1.807) is 31.4 Å². The molecule has 0 bridgehead atoms. The third-order valence-electron chi connectivity index (χ3n) is 4.89. The molecule has 4 rings (SSSR count). The summed E-state index contributed by atoms with van der Waals surface area (Å²) < 4.78 is 13.8. The molecule has 8 heteroatoms. The zero-order valence-corrected chi connectivity index (χ0v) is 17.7. The van der Waals surface area contributed by atoms with Crippen molar-refractivity contribution < 1.29 is 19.1 Å². The second-order valence-corrected chi connectivity index (χ2v) is 7.54. The number of carbonyl (C=O) groups is 2. The maximum absolute atomic E-state index is 12.7. The fourth-order valence-electron chi connectivity index (χ4n) is 3.58. The monoisotopic (exact) mass is 457 g/mol. The predicted molar refractivity (Wildman–Crippen MR) is 111 cm³/mol. The van der Waals surface area contributed by atoms with Crippen LogP contribution in [0.2, 0.25) is 0 Å². The van der Waals surface area contributed by atoms with Gasteiger partial charge in [-0.2, -0.15) is 0 Å². The Bertz CT molecular complexity index is 1070. The number of methoxy groups -OCH3 is 1. The van der Waals surface area contributed by atoms with Crippen molar-refractivity contribution in [1.29, 1.82) is 0 Å². The highest BCUT2D eigenvalue weighted by atomic mass is 79.9. The topological polar surface area (TPSA) is 73.7 Å². The van der Waals surface area contributed by atoms with Gasteiger partial charge in [0.25, 0.3) is 11.8 Å². The normalized spacial score (nSPS) is 13.4. The smallest absolute Gasteiger partial charge is 0.261 e. The van der Waals surface area contributed by atoms with Crippen molar-refractivity contribution in [2.75, 3.05) is 20.3 Å². The molecule has 0 unspecified atom stereocenters. The fraction of sp³-hybridized carbons (Fsp3) is 0.286. The Balaban J connectivity index is 1.72. The summed E-state index contributed by atoms with van der Waals surface area (Å²) in [5.74, 6) is 0.720. The van der Waals surface area contributed by atoms with Crippen LogP contribution in [-0.4, -0.2) is 46.6 Å². The van der Waals surface area contributed by atoms with E-state index in [2.05, 4.69) is 15.9 Å². The minimum atomic E-state index is -0.293. The molecule has 2 amide bonds. The summed E-state index contributed by atoms with van der Waals surface area (Å²) in [6.07, 6.45) is 0. The standard InChI is InChI=1S/C21H20BrN3O4/c1-3-24-18(12-25-20(26)14-6-4-5-7-15(14)21(25)27)23-16-10-13(22)11-17(19(16)24)29-9-8-28-2/h4-7,10-11H,3,8-9,12H2,1-2H3. The predicted octanol–water partition coefficient (Wildman–Crippen LogP) is 3.64. The summed E-state index contributed by atoms with van der Waals surface area (Å²) in [6, 6.07) is 10.7. The number of amides is 2. The molecule has 1 aromatic heterocycles. The van der Waals surface area contributed by atoms with Crippen LogP contribution in [-0.2, 0) is 17.8 Å². The summed E-state index contributed by atoms with van der Waals surface area (Å²) in [7, 11) is 1.62. The van der Waals surface area contributed by atoms with Gasteiger partial charge in [0.2, 0.25) is 0 Å². The van der Waals surface area contributed by atoms with E-state index < -0.39 is 0 Å². The average molecular weight is 458 g/mol. The zero-order chi connectivity index (χ0) is 20.5. The number of carbonyl (C=O) groups excluding carboxylic acids is 2. The van der Waals surface area contributed by atoms with E-state index in [0.29, 0.717) is 42.5 Å². The van der Waals surface area contributed by atoms with Gasteiger partial charge in [-0.3, -0.25) is 14.5 Å². The number of imide groups is 1. The van der Waals surface area contributed by atoms with Crippen molar-refractivity contribution >= 4 is 38.8 Å². The largest absolute Gasteiger partial charge is 0.489 e. The van der Waals surface area contributed by atoms with E-state index in [0.717, 1.165) is 15.5 Å². The molecular formula is C21H20BrN3O4. The molecule has 29 heavy (non-hydrogen) atoms. The first-order chi connectivity index (χ1) is 14.0. The maximum atomic E-state index is 12.7. The molecule has 150 valence electrons. The van der Waals surface area contributed by atoms with Crippen LogP contribution < -0.4 is 4.74 Å². The minimum absolute atomic E-state index is 0.101. The first kappa shape index (κ1) is 19.6. The molecule has 0 saturated heterocycles. The summed E-state index contributed by atoms with van der Waals surface area (Å²) in [6.45, 7) is 3.59. The minimum Gasteiger partial charge on any atom is -0.489 e. The molecule has 0 aliphatic carbocycles. The number of hydrogen-bond donors (Lipinski definition) is 0. The van der Waals surface area contributed by atoms with Crippen LogP contribution in [0.3, 0.4) is 0 Å². The highest BCUT2D eigenvalue weighted by molar-refractivity contribution is 9.10. The van der Waals surface area contributed by atoms with Gasteiger partial charge in [0.1, 0.15) is 23.7 Å². The lowest BCUT2D eigenvalue weighted by molar-refractivity contribution is 0.0637. The summed E-state index contributed by atoms with van der Waals surface area (Å²) in [5, 5.41) is 0. The van der Waals surface area contributed by atoms with Gasteiger partial charge in [0, 0.05) is 18.1 Å². The number of rotatable bonds is 7. The average Bonchev–Trinajstić information content (AvgIpc) is 3.18. The Morgan fingerprint density at radius 3 is 2.38 bits per heavy atom. The van der Waals surface area contributed by atoms with Crippen molar-refractivity contribution in [2.45, 2.75) is 20.0 Å². The maximum Gasteiger partial charge on any atom is 0.261 e. The lowest BCUT2D eigenvalue weighted by atomic mass is 10.1. The van der Waals surface area contributed by atoms with Crippen LogP contribution in [0.5, 0.6) is 5.75 Å². The van der Waals surface area contributed by atoms with Gasteiger partial charge in [0.05, 0.1) is 29.8 Å². The number of imidazole rings is 1. The highest BCUT2D eigenvalue weighted by Crippen LogP contribution is 2.32. The summed E-state index contributed by atoms with van der Waals surface area (Å²) in [5.41, 5.74) is 2.43. The fourth-order valence-corrected chi connectivity index (χ4v) is 4.00. The molecule has 7 nitrogen and oxygen atoms in total. The van der Waals surface area contributed by atoms with Crippen molar-refractivity contribution in [3.8, 4) is 5.75 Å². The number of hydrogen-bond acceptors (Lipinski definition) is 5. The van der Waals surface area contributed by atoms with Crippen LogP contribution in [0.1, 0.15) is 33.5 Å². The second-order valence-electron chi connectivity index (χ2n) is 6.63. The molecule has 0 fully saturated rings. The van der Waals surface area contributed by atoms with Crippen molar-refractivity contribution in [2.24, 2.45) is 0 Å². The highest BCUT2D eigenvalue weighted by Gasteiger charge is 2.36. The van der Waals surface area contributed by atoms with E-state index in [-0.39, 0.29) is 18.4 Å². The van der Waals surface area contributed by atoms with Crippen LogP contribution >= 0.6 is 15.9 Å². The molecule has 0 radical (unpaired) electrons. The SMILES string of the molecule is CCn1c(CN2C(=O)c3ccccc3C2=O)nc2cc(Br)cc(OCCOC)c21. The molecule has 0 saturated carbocycles. The van der Waals surface area contributed by atoms with Gasteiger partial charge < -0.3 is 14.0 Å². The number of ether oxygens (including phenoxy) is 2. The van der Waals surface area contributed by atoms with Crippen LogP contribution in [0.4, 0.5) is 0 Å². The number of benzene rings is 2. The van der Waals surface area contributed by atoms with Crippen molar-refractivity contribution in [3.63, 3.8) is 0 Å². The Morgan fingerprint density at radius 2 is 1.76 bits per heavy atom. The van der Waals surface area contributed by atoms with E-state index in [9.17, 15) is 9.59 Å². The lowest BCUT2D eigenvalue weighted by Crippen LogP contribution is -2.30. The van der Waals surface area contributed by atoms with Gasteiger partial charge in [-0.05, 0) is 31.2 Å². The number of aryl methyl sites for hydroxylation is 1. The molecule has 1 aliphatic heterocycles. The molecular weight excluding hydrogens is 438 g/mol. The Morgan fingerprint density at radius 1 is 1.07 bits per heavy atom. The molecule has 0 N–H and O–H groups in total. The number of halogens is 1. The van der Waals surface area contributed by atoms with Crippen LogP contribution in [0, 0.1) is 0 Å². The Hall–Kier alpha value is -2.71. The van der Waals surface area contributed by atoms with E-state index in [4.69, 9.17) is 14.5 Å².